The summed E-state index contributed by atoms with van der Waals surface area (Å²) in [7, 11) is 0. The minimum absolute atomic E-state index is 0.106. The van der Waals surface area contributed by atoms with Crippen LogP contribution >= 0.6 is 15.9 Å². The van der Waals surface area contributed by atoms with Gasteiger partial charge in [-0.05, 0) is 23.8 Å². The van der Waals surface area contributed by atoms with Gasteiger partial charge in [-0.25, -0.2) is 4.39 Å². The smallest absolute Gasteiger partial charge is 0.224 e. The van der Waals surface area contributed by atoms with Crippen LogP contribution in [0.2, 0.25) is 0 Å². The van der Waals surface area contributed by atoms with E-state index in [1.165, 1.54) is 6.07 Å². The monoisotopic (exact) mass is 330 g/mol. The standard InChI is InChI=1S/C14H20BrFN2O/c1-9(7-17)13(19)18-8-14(2,3)11-6-10(15)4-5-12(11)16/h4-6,9H,7-8,17H2,1-3H3,(H,18,19). The van der Waals surface area contributed by atoms with E-state index >= 15 is 0 Å². The number of carbonyl (C=O) groups is 1. The number of carbonyl (C=O) groups excluding carboxylic acids is 1. The molecule has 3 nitrogen and oxygen atoms in total. The Bertz CT molecular complexity index is 463. The normalized spacial score (nSPS) is 13.2. The van der Waals surface area contributed by atoms with Gasteiger partial charge in [-0.1, -0.05) is 36.7 Å². The first-order valence-electron chi connectivity index (χ1n) is 6.21. The Morgan fingerprint density at radius 2 is 2.16 bits per heavy atom. The number of amides is 1. The van der Waals surface area contributed by atoms with Crippen molar-refractivity contribution in [3.63, 3.8) is 0 Å². The molecule has 1 atom stereocenters. The van der Waals surface area contributed by atoms with Crippen LogP contribution in [0.5, 0.6) is 0 Å². The molecule has 0 radical (unpaired) electrons. The van der Waals surface area contributed by atoms with Crippen molar-refractivity contribution in [2.75, 3.05) is 13.1 Å². The van der Waals surface area contributed by atoms with Crippen LogP contribution in [0.1, 0.15) is 26.3 Å². The third-order valence-electron chi connectivity index (χ3n) is 3.16. The highest BCUT2D eigenvalue weighted by molar-refractivity contribution is 9.10. The Labute approximate surface area is 121 Å². The largest absolute Gasteiger partial charge is 0.355 e. The third-order valence-corrected chi connectivity index (χ3v) is 3.66. The van der Waals surface area contributed by atoms with E-state index in [-0.39, 0.29) is 17.6 Å². The van der Waals surface area contributed by atoms with Crippen molar-refractivity contribution < 1.29 is 9.18 Å². The molecule has 0 saturated carbocycles. The second-order valence-corrected chi connectivity index (χ2v) is 6.28. The van der Waals surface area contributed by atoms with Gasteiger partial charge in [-0.2, -0.15) is 0 Å². The molecule has 1 aromatic rings. The van der Waals surface area contributed by atoms with E-state index in [0.29, 0.717) is 18.7 Å². The molecule has 106 valence electrons. The first kappa shape index (κ1) is 16.1. The Hall–Kier alpha value is -0.940. The van der Waals surface area contributed by atoms with E-state index in [2.05, 4.69) is 21.2 Å². The Kier molecular flexibility index (Phi) is 5.50. The molecule has 1 aromatic carbocycles. The first-order chi connectivity index (χ1) is 8.77. The fraction of sp³-hybridized carbons (Fsp3) is 0.500. The van der Waals surface area contributed by atoms with E-state index < -0.39 is 5.41 Å². The predicted octanol–water partition coefficient (Wildman–Crippen LogP) is 2.58. The van der Waals surface area contributed by atoms with E-state index in [9.17, 15) is 9.18 Å². The van der Waals surface area contributed by atoms with Crippen LogP contribution in [0.15, 0.2) is 22.7 Å². The van der Waals surface area contributed by atoms with Gasteiger partial charge in [0.05, 0.1) is 0 Å². The second-order valence-electron chi connectivity index (χ2n) is 5.36. The Morgan fingerprint density at radius 1 is 1.53 bits per heavy atom. The van der Waals surface area contributed by atoms with Crippen LogP contribution in [0.4, 0.5) is 4.39 Å². The van der Waals surface area contributed by atoms with Crippen molar-refractivity contribution in [1.29, 1.82) is 0 Å². The molecule has 19 heavy (non-hydrogen) atoms. The number of benzene rings is 1. The maximum atomic E-state index is 13.9. The van der Waals surface area contributed by atoms with Gasteiger partial charge in [0.2, 0.25) is 5.91 Å². The molecular weight excluding hydrogens is 311 g/mol. The lowest BCUT2D eigenvalue weighted by Gasteiger charge is -2.27. The lowest BCUT2D eigenvalue weighted by Crippen LogP contribution is -2.41. The van der Waals surface area contributed by atoms with Crippen molar-refractivity contribution in [2.24, 2.45) is 11.7 Å². The van der Waals surface area contributed by atoms with Crippen LogP contribution in [-0.4, -0.2) is 19.0 Å². The van der Waals surface area contributed by atoms with Crippen LogP contribution in [0, 0.1) is 11.7 Å². The lowest BCUT2D eigenvalue weighted by molar-refractivity contribution is -0.124. The summed E-state index contributed by atoms with van der Waals surface area (Å²) in [6.45, 7) is 6.22. The minimum atomic E-state index is -0.488. The number of hydrogen-bond acceptors (Lipinski definition) is 2. The summed E-state index contributed by atoms with van der Waals surface area (Å²) >= 11 is 3.33. The maximum Gasteiger partial charge on any atom is 0.224 e. The summed E-state index contributed by atoms with van der Waals surface area (Å²) in [6, 6.07) is 4.82. The zero-order valence-electron chi connectivity index (χ0n) is 11.5. The van der Waals surface area contributed by atoms with Gasteiger partial charge >= 0.3 is 0 Å². The summed E-state index contributed by atoms with van der Waals surface area (Å²) < 4.78 is 14.7. The molecule has 0 aliphatic heterocycles. The molecule has 0 saturated heterocycles. The van der Waals surface area contributed by atoms with Crippen LogP contribution in [-0.2, 0) is 10.2 Å². The molecule has 0 aromatic heterocycles. The van der Waals surface area contributed by atoms with Gasteiger partial charge in [-0.15, -0.1) is 0 Å². The SMILES string of the molecule is CC(CN)C(=O)NCC(C)(C)c1cc(Br)ccc1F. The highest BCUT2D eigenvalue weighted by Crippen LogP contribution is 2.28. The average molecular weight is 331 g/mol. The van der Waals surface area contributed by atoms with E-state index in [0.717, 1.165) is 4.47 Å². The number of halogens is 2. The molecule has 1 rings (SSSR count). The summed E-state index contributed by atoms with van der Waals surface area (Å²) in [5.41, 5.74) is 5.52. The van der Waals surface area contributed by atoms with Crippen molar-refractivity contribution in [3.8, 4) is 0 Å². The number of hydrogen-bond donors (Lipinski definition) is 2. The van der Waals surface area contributed by atoms with Crippen molar-refractivity contribution >= 4 is 21.8 Å². The molecule has 0 bridgehead atoms. The maximum absolute atomic E-state index is 13.9. The van der Waals surface area contributed by atoms with E-state index in [1.54, 1.807) is 19.1 Å². The van der Waals surface area contributed by atoms with Gasteiger partial charge in [0.1, 0.15) is 5.82 Å². The van der Waals surface area contributed by atoms with Crippen molar-refractivity contribution in [1.82, 2.24) is 5.32 Å². The van der Waals surface area contributed by atoms with Gasteiger partial charge in [0.25, 0.3) is 0 Å². The second kappa shape index (κ2) is 6.48. The molecular formula is C14H20BrFN2O. The molecule has 3 N–H and O–H groups in total. The highest BCUT2D eigenvalue weighted by Gasteiger charge is 2.25. The Morgan fingerprint density at radius 3 is 2.74 bits per heavy atom. The number of nitrogens with one attached hydrogen (secondary N) is 1. The topological polar surface area (TPSA) is 55.1 Å². The molecule has 0 aliphatic rings. The number of rotatable bonds is 5. The summed E-state index contributed by atoms with van der Waals surface area (Å²) in [6.07, 6.45) is 0. The van der Waals surface area contributed by atoms with Crippen LogP contribution in [0.3, 0.4) is 0 Å². The highest BCUT2D eigenvalue weighted by atomic mass is 79.9. The molecule has 5 heteroatoms. The molecule has 1 amide bonds. The molecule has 0 spiro atoms. The first-order valence-corrected chi connectivity index (χ1v) is 7.00. The van der Waals surface area contributed by atoms with Crippen molar-refractivity contribution in [3.05, 3.63) is 34.1 Å². The minimum Gasteiger partial charge on any atom is -0.355 e. The fourth-order valence-corrected chi connectivity index (χ4v) is 2.06. The van der Waals surface area contributed by atoms with Crippen molar-refractivity contribution in [2.45, 2.75) is 26.2 Å². The lowest BCUT2D eigenvalue weighted by atomic mass is 9.84. The fourth-order valence-electron chi connectivity index (χ4n) is 1.70. The van der Waals surface area contributed by atoms with Crippen LogP contribution < -0.4 is 11.1 Å². The van der Waals surface area contributed by atoms with Gasteiger partial charge in [0, 0.05) is 28.9 Å². The zero-order valence-corrected chi connectivity index (χ0v) is 13.1. The number of nitrogens with two attached hydrogens (primary N) is 1. The molecule has 0 aliphatic carbocycles. The molecule has 0 heterocycles. The summed E-state index contributed by atoms with van der Waals surface area (Å²) in [5, 5.41) is 2.82. The predicted molar refractivity (Wildman–Crippen MR) is 78.4 cm³/mol. The third kappa shape index (κ3) is 4.28. The molecule has 1 unspecified atom stereocenters. The summed E-state index contributed by atoms with van der Waals surface area (Å²) in [5.74, 6) is -0.608. The van der Waals surface area contributed by atoms with Gasteiger partial charge < -0.3 is 11.1 Å². The van der Waals surface area contributed by atoms with Gasteiger partial charge in [0.15, 0.2) is 0 Å². The molecule has 0 fully saturated rings. The average Bonchev–Trinajstić information content (AvgIpc) is 2.37. The van der Waals surface area contributed by atoms with Gasteiger partial charge in [-0.3, -0.25) is 4.79 Å². The Balaban J connectivity index is 2.81. The van der Waals surface area contributed by atoms with E-state index in [4.69, 9.17) is 5.73 Å². The zero-order chi connectivity index (χ0) is 14.6. The van der Waals surface area contributed by atoms with E-state index in [1.807, 2.05) is 13.8 Å². The van der Waals surface area contributed by atoms with Crippen LogP contribution in [0.25, 0.3) is 0 Å². The quantitative estimate of drug-likeness (QED) is 0.871. The summed E-state index contributed by atoms with van der Waals surface area (Å²) in [4.78, 5) is 11.7.